The van der Waals surface area contributed by atoms with Gasteiger partial charge in [-0.05, 0) is 42.8 Å². The maximum atomic E-state index is 14.2. The summed E-state index contributed by atoms with van der Waals surface area (Å²) in [6, 6.07) is 20.8. The van der Waals surface area contributed by atoms with Crippen LogP contribution in [0.2, 0.25) is 5.02 Å². The SMILES string of the molecule is CCOC(=O)C1=C(c2ccccc2)N=c2s/c(=C\c3ccc(-c4cc([N+](=O)[O-])ccc4Cl)o3)c(=O)n2[C@@H]1c1ccc(OC)c(OC)c1. The van der Waals surface area contributed by atoms with E-state index in [2.05, 4.69) is 0 Å². The molecule has 3 heterocycles. The Balaban J connectivity index is 1.57. The minimum atomic E-state index is -0.932. The van der Waals surface area contributed by atoms with Crippen LogP contribution in [0.4, 0.5) is 5.69 Å². The lowest BCUT2D eigenvalue weighted by molar-refractivity contribution is -0.384. The fourth-order valence-electron chi connectivity index (χ4n) is 5.30. The van der Waals surface area contributed by atoms with Gasteiger partial charge in [0.05, 0.1) is 52.6 Å². The number of ether oxygens (including phenoxy) is 3. The second-order valence-electron chi connectivity index (χ2n) is 10.2. The molecule has 0 fully saturated rings. The number of nitrogens with zero attached hydrogens (tertiary/aromatic N) is 3. The van der Waals surface area contributed by atoms with Gasteiger partial charge >= 0.3 is 5.97 Å². The zero-order chi connectivity index (χ0) is 33.2. The molecule has 0 saturated heterocycles. The van der Waals surface area contributed by atoms with E-state index in [1.807, 2.05) is 30.3 Å². The molecule has 0 saturated carbocycles. The number of furan rings is 1. The summed E-state index contributed by atoms with van der Waals surface area (Å²) < 4.78 is 24.2. The summed E-state index contributed by atoms with van der Waals surface area (Å²) in [5, 5.41) is 11.6. The third-order valence-electron chi connectivity index (χ3n) is 7.42. The Bertz CT molecular complexity index is 2240. The minimum absolute atomic E-state index is 0.114. The molecule has 2 aromatic heterocycles. The maximum Gasteiger partial charge on any atom is 0.338 e. The van der Waals surface area contributed by atoms with E-state index in [0.717, 1.165) is 11.3 Å². The van der Waals surface area contributed by atoms with E-state index < -0.39 is 22.5 Å². The quantitative estimate of drug-likeness (QED) is 0.109. The molecule has 0 amide bonds. The number of fused-ring (bicyclic) bond motifs is 1. The Morgan fingerprint density at radius 3 is 2.53 bits per heavy atom. The summed E-state index contributed by atoms with van der Waals surface area (Å²) in [7, 11) is 3.02. The Kier molecular flexibility index (Phi) is 8.79. The van der Waals surface area contributed by atoms with Crippen LogP contribution >= 0.6 is 22.9 Å². The van der Waals surface area contributed by atoms with E-state index >= 15 is 0 Å². The van der Waals surface area contributed by atoms with Gasteiger partial charge in [0, 0.05) is 29.3 Å². The van der Waals surface area contributed by atoms with Crippen molar-refractivity contribution in [3.63, 3.8) is 0 Å². The molecular weight excluding hydrogens is 646 g/mol. The normalized spacial score (nSPS) is 14.4. The summed E-state index contributed by atoms with van der Waals surface area (Å²) in [4.78, 5) is 43.9. The van der Waals surface area contributed by atoms with Crippen LogP contribution < -0.4 is 24.4 Å². The molecule has 6 rings (SSSR count). The van der Waals surface area contributed by atoms with Gasteiger partial charge in [0.15, 0.2) is 16.3 Å². The molecule has 5 aromatic rings. The zero-order valence-electron chi connectivity index (χ0n) is 25.3. The number of aromatic nitrogens is 1. The molecule has 0 aliphatic carbocycles. The molecule has 1 aliphatic rings. The van der Waals surface area contributed by atoms with Gasteiger partial charge < -0.3 is 18.6 Å². The predicted octanol–water partition coefficient (Wildman–Crippen LogP) is 5.77. The number of nitro groups is 1. The number of halogens is 1. The van der Waals surface area contributed by atoms with Crippen LogP contribution in [0.5, 0.6) is 11.5 Å². The van der Waals surface area contributed by atoms with Crippen LogP contribution in [0.3, 0.4) is 0 Å². The van der Waals surface area contributed by atoms with Crippen molar-refractivity contribution in [3.05, 3.63) is 136 Å². The average Bonchev–Trinajstić information content (AvgIpc) is 3.67. The fraction of sp³-hybridized carbons (Fsp3) is 0.147. The Hall–Kier alpha value is -5.46. The monoisotopic (exact) mass is 671 g/mol. The first kappa shape index (κ1) is 31.5. The van der Waals surface area contributed by atoms with E-state index in [0.29, 0.717) is 44.4 Å². The van der Waals surface area contributed by atoms with Crippen molar-refractivity contribution in [2.24, 2.45) is 4.99 Å². The fourth-order valence-corrected chi connectivity index (χ4v) is 6.49. The van der Waals surface area contributed by atoms with Crippen molar-refractivity contribution in [1.82, 2.24) is 4.57 Å². The Labute approximate surface area is 276 Å². The summed E-state index contributed by atoms with van der Waals surface area (Å²) in [5.74, 6) is 0.872. The van der Waals surface area contributed by atoms with Gasteiger partial charge in [-0.2, -0.15) is 0 Å². The smallest absolute Gasteiger partial charge is 0.338 e. The number of carbonyl (C=O) groups is 1. The number of benzene rings is 3. The van der Waals surface area contributed by atoms with Crippen molar-refractivity contribution >= 4 is 46.4 Å². The van der Waals surface area contributed by atoms with Crippen molar-refractivity contribution in [2.45, 2.75) is 13.0 Å². The highest BCUT2D eigenvalue weighted by Gasteiger charge is 2.35. The number of nitro benzene ring substituents is 1. The summed E-state index contributed by atoms with van der Waals surface area (Å²) in [6.07, 6.45) is 1.56. The number of methoxy groups -OCH3 is 2. The molecule has 13 heteroatoms. The van der Waals surface area contributed by atoms with E-state index in [4.69, 9.17) is 35.2 Å². The first-order chi connectivity index (χ1) is 22.7. The highest BCUT2D eigenvalue weighted by Crippen LogP contribution is 2.38. The highest BCUT2D eigenvalue weighted by atomic mass is 35.5. The van der Waals surface area contributed by atoms with Crippen LogP contribution in [0.1, 0.15) is 29.9 Å². The molecule has 47 heavy (non-hydrogen) atoms. The van der Waals surface area contributed by atoms with Crippen LogP contribution in [-0.2, 0) is 9.53 Å². The number of thiazole rings is 1. The lowest BCUT2D eigenvalue weighted by Crippen LogP contribution is -2.40. The van der Waals surface area contributed by atoms with Crippen LogP contribution in [-0.4, -0.2) is 36.3 Å². The second kappa shape index (κ2) is 13.1. The van der Waals surface area contributed by atoms with Crippen molar-refractivity contribution in [2.75, 3.05) is 20.8 Å². The van der Waals surface area contributed by atoms with Gasteiger partial charge in [0.25, 0.3) is 11.2 Å². The van der Waals surface area contributed by atoms with Crippen LogP contribution in [0.25, 0.3) is 23.1 Å². The third kappa shape index (κ3) is 5.96. The number of rotatable bonds is 9. The van der Waals surface area contributed by atoms with Gasteiger partial charge in [-0.25, -0.2) is 9.79 Å². The van der Waals surface area contributed by atoms with E-state index in [1.54, 1.807) is 43.3 Å². The van der Waals surface area contributed by atoms with Gasteiger partial charge in [-0.15, -0.1) is 0 Å². The predicted molar refractivity (Wildman–Crippen MR) is 176 cm³/mol. The standard InChI is InChI=1S/C34H26ClN3O8S/c1-4-45-33(40)29-30(19-8-6-5-7-9-19)36-34-37(31(29)20-10-14-26(43-2)27(16-20)44-3)32(39)28(47-34)18-22-12-15-25(46-22)23-17-21(38(41)42)11-13-24(23)35/h5-18,31H,4H2,1-3H3/b28-18-/t31-/m1/s1. The number of hydrogen-bond donors (Lipinski definition) is 0. The van der Waals surface area contributed by atoms with E-state index in [9.17, 15) is 19.7 Å². The molecule has 11 nitrogen and oxygen atoms in total. The first-order valence-corrected chi connectivity index (χ1v) is 15.5. The molecule has 0 spiro atoms. The Morgan fingerprint density at radius 1 is 1.06 bits per heavy atom. The lowest BCUT2D eigenvalue weighted by atomic mass is 9.93. The largest absolute Gasteiger partial charge is 0.493 e. The van der Waals surface area contributed by atoms with Crippen molar-refractivity contribution in [1.29, 1.82) is 0 Å². The molecule has 1 aliphatic heterocycles. The van der Waals surface area contributed by atoms with Crippen LogP contribution in [0, 0.1) is 10.1 Å². The average molecular weight is 672 g/mol. The lowest BCUT2D eigenvalue weighted by Gasteiger charge is -2.26. The van der Waals surface area contributed by atoms with Gasteiger partial charge in [-0.1, -0.05) is 59.3 Å². The van der Waals surface area contributed by atoms with Gasteiger partial charge in [0.1, 0.15) is 11.5 Å². The third-order valence-corrected chi connectivity index (χ3v) is 8.74. The molecule has 1 atom stereocenters. The minimum Gasteiger partial charge on any atom is -0.493 e. The van der Waals surface area contributed by atoms with E-state index in [1.165, 1.54) is 37.0 Å². The van der Waals surface area contributed by atoms with Gasteiger partial charge in [-0.3, -0.25) is 19.5 Å². The Morgan fingerprint density at radius 2 is 1.83 bits per heavy atom. The van der Waals surface area contributed by atoms with Crippen LogP contribution in [0.15, 0.2) is 98.6 Å². The van der Waals surface area contributed by atoms with Gasteiger partial charge in [0.2, 0.25) is 0 Å². The number of carbonyl (C=O) groups excluding carboxylic acids is 1. The van der Waals surface area contributed by atoms with Crippen molar-refractivity contribution in [3.8, 4) is 22.8 Å². The first-order valence-electron chi connectivity index (χ1n) is 14.3. The summed E-state index contributed by atoms with van der Waals surface area (Å²) in [5.41, 5.74) is 1.57. The molecule has 0 bridgehead atoms. The maximum absolute atomic E-state index is 14.2. The number of esters is 1. The second-order valence-corrected chi connectivity index (χ2v) is 11.6. The zero-order valence-corrected chi connectivity index (χ0v) is 26.8. The summed E-state index contributed by atoms with van der Waals surface area (Å²) in [6.45, 7) is 1.82. The summed E-state index contributed by atoms with van der Waals surface area (Å²) >= 11 is 7.45. The molecule has 0 unspecified atom stereocenters. The molecule has 0 radical (unpaired) electrons. The van der Waals surface area contributed by atoms with Crippen molar-refractivity contribution < 1.29 is 28.3 Å². The molecular formula is C34H26ClN3O8S. The number of hydrogen-bond acceptors (Lipinski definition) is 10. The molecule has 3 aromatic carbocycles. The topological polar surface area (TPSA) is 135 Å². The molecule has 0 N–H and O–H groups in total. The van der Waals surface area contributed by atoms with E-state index in [-0.39, 0.29) is 33.2 Å². The highest BCUT2D eigenvalue weighted by molar-refractivity contribution is 7.07. The molecule has 238 valence electrons. The number of non-ortho nitro benzene ring substituents is 1.